The van der Waals surface area contributed by atoms with Crippen LogP contribution < -0.4 is 0 Å². The summed E-state index contributed by atoms with van der Waals surface area (Å²) in [6.07, 6.45) is 2.78. The Morgan fingerprint density at radius 2 is 0.810 bits per heavy atom. The molecule has 0 radical (unpaired) electrons. The second-order valence-corrected chi connectivity index (χ2v) is 10.3. The molecule has 128 valence electrons. The Balaban J connectivity index is 5.66. The molecule has 0 fully saturated rings. The van der Waals surface area contributed by atoms with Crippen molar-refractivity contribution in [3.8, 4) is 0 Å². The van der Waals surface area contributed by atoms with Crippen molar-refractivity contribution >= 4 is 0 Å². The van der Waals surface area contributed by atoms with E-state index in [1.165, 1.54) is 0 Å². The van der Waals surface area contributed by atoms with E-state index < -0.39 is 0 Å². The third kappa shape index (κ3) is 5.58. The predicted molar refractivity (Wildman–Crippen MR) is 95.7 cm³/mol. The molecule has 0 rings (SSSR count). The second-order valence-electron chi connectivity index (χ2n) is 10.3. The van der Waals surface area contributed by atoms with Gasteiger partial charge in [-0.1, -0.05) is 83.1 Å². The highest BCUT2D eigenvalue weighted by molar-refractivity contribution is 4.93. The lowest BCUT2D eigenvalue weighted by molar-refractivity contribution is -0.189. The minimum atomic E-state index is 0.146. The first kappa shape index (κ1) is 21.0. The van der Waals surface area contributed by atoms with Crippen molar-refractivity contribution < 1.29 is 4.74 Å². The van der Waals surface area contributed by atoms with E-state index in [4.69, 9.17) is 4.74 Å². The van der Waals surface area contributed by atoms with Crippen LogP contribution in [0.3, 0.4) is 0 Å². The van der Waals surface area contributed by atoms with Crippen molar-refractivity contribution in [1.29, 1.82) is 0 Å². The lowest BCUT2D eigenvalue weighted by atomic mass is 9.68. The molecule has 21 heavy (non-hydrogen) atoms. The van der Waals surface area contributed by atoms with Gasteiger partial charge in [-0.15, -0.1) is 0 Å². The van der Waals surface area contributed by atoms with Gasteiger partial charge in [0.15, 0.2) is 0 Å². The van der Waals surface area contributed by atoms with Crippen LogP contribution in [-0.2, 0) is 4.74 Å². The van der Waals surface area contributed by atoms with Crippen molar-refractivity contribution in [2.24, 2.45) is 21.7 Å². The van der Waals surface area contributed by atoms with Crippen molar-refractivity contribution in [2.75, 3.05) is 0 Å². The van der Waals surface area contributed by atoms with Gasteiger partial charge in [-0.05, 0) is 34.5 Å². The number of rotatable bonds is 6. The van der Waals surface area contributed by atoms with Crippen LogP contribution in [0, 0.1) is 21.7 Å². The van der Waals surface area contributed by atoms with Gasteiger partial charge in [-0.3, -0.25) is 0 Å². The number of hydrogen-bond donors (Lipinski definition) is 0. The first-order valence-electron chi connectivity index (χ1n) is 8.75. The van der Waals surface area contributed by atoms with Gasteiger partial charge in [0, 0.05) is 0 Å². The van der Waals surface area contributed by atoms with Crippen molar-refractivity contribution in [3.05, 3.63) is 0 Å². The molecule has 0 amide bonds. The van der Waals surface area contributed by atoms with Gasteiger partial charge in [0.1, 0.15) is 0 Å². The Morgan fingerprint density at radius 1 is 0.571 bits per heavy atom. The summed E-state index contributed by atoms with van der Waals surface area (Å²) in [7, 11) is 0. The van der Waals surface area contributed by atoms with Gasteiger partial charge in [-0.2, -0.15) is 0 Å². The highest BCUT2D eigenvalue weighted by Gasteiger charge is 2.45. The summed E-state index contributed by atoms with van der Waals surface area (Å²) >= 11 is 0. The molecule has 0 N–H and O–H groups in total. The summed E-state index contributed by atoms with van der Waals surface area (Å²) in [5.74, 6) is 0. The molecule has 0 saturated heterocycles. The Hall–Kier alpha value is -0.0400. The molecule has 0 aromatic heterocycles. The molecule has 0 saturated carbocycles. The molecule has 0 aromatic carbocycles. The Morgan fingerprint density at radius 3 is 0.952 bits per heavy atom. The van der Waals surface area contributed by atoms with Crippen LogP contribution in [0.5, 0.6) is 0 Å². The molecule has 0 aliphatic rings. The monoisotopic (exact) mass is 298 g/mol. The molecule has 0 aromatic rings. The molecule has 2 atom stereocenters. The predicted octanol–water partition coefficient (Wildman–Crippen LogP) is 6.70. The average Bonchev–Trinajstić information content (AvgIpc) is 2.25. The van der Waals surface area contributed by atoms with Gasteiger partial charge < -0.3 is 4.74 Å². The van der Waals surface area contributed by atoms with Crippen LogP contribution >= 0.6 is 0 Å². The molecule has 0 aliphatic heterocycles. The summed E-state index contributed by atoms with van der Waals surface area (Å²) in [4.78, 5) is 0. The summed E-state index contributed by atoms with van der Waals surface area (Å²) in [5.41, 5.74) is 0.663. The fourth-order valence-corrected chi connectivity index (χ4v) is 3.63. The zero-order valence-corrected chi connectivity index (χ0v) is 17.0. The Kier molecular flexibility index (Phi) is 6.59. The topological polar surface area (TPSA) is 9.23 Å². The van der Waals surface area contributed by atoms with Crippen LogP contribution in [0.25, 0.3) is 0 Å². The van der Waals surface area contributed by atoms with E-state index >= 15 is 0 Å². The van der Waals surface area contributed by atoms with E-state index in [1.807, 2.05) is 0 Å². The zero-order valence-electron chi connectivity index (χ0n) is 17.0. The van der Waals surface area contributed by atoms with Crippen molar-refractivity contribution in [1.82, 2.24) is 0 Å². The highest BCUT2D eigenvalue weighted by atomic mass is 16.5. The van der Waals surface area contributed by atoms with E-state index in [-0.39, 0.29) is 33.9 Å². The van der Waals surface area contributed by atoms with Gasteiger partial charge in [0.2, 0.25) is 0 Å². The maximum Gasteiger partial charge on any atom is 0.0678 e. The lowest BCUT2D eigenvalue weighted by Gasteiger charge is -2.50. The van der Waals surface area contributed by atoms with Gasteiger partial charge in [-0.25, -0.2) is 0 Å². The second kappa shape index (κ2) is 6.60. The molecule has 1 heteroatoms. The molecule has 1 nitrogen and oxygen atoms in total. The quantitative estimate of drug-likeness (QED) is 0.530. The first-order valence-corrected chi connectivity index (χ1v) is 8.75. The Labute approximate surface area is 135 Å². The third-order valence-corrected chi connectivity index (χ3v) is 5.09. The van der Waals surface area contributed by atoms with E-state index in [9.17, 15) is 0 Å². The molecule has 0 bridgehead atoms. The van der Waals surface area contributed by atoms with Crippen LogP contribution in [-0.4, -0.2) is 12.2 Å². The fourth-order valence-electron chi connectivity index (χ4n) is 3.63. The van der Waals surface area contributed by atoms with Crippen LogP contribution in [0.1, 0.15) is 95.9 Å². The summed E-state index contributed by atoms with van der Waals surface area (Å²) in [6.45, 7) is 27.8. The standard InChI is InChI=1S/C20H42O/c1-13-19(9,10)15(17(3,4)5)21-16(18(6,7)8)20(11,12)14-2/h15-16H,13-14H2,1-12H3. The fraction of sp³-hybridized carbons (Fsp3) is 1.00. The zero-order chi connectivity index (χ0) is 17.3. The maximum atomic E-state index is 6.89. The highest BCUT2D eigenvalue weighted by Crippen LogP contribution is 2.45. The van der Waals surface area contributed by atoms with Crippen LogP contribution in [0.15, 0.2) is 0 Å². The van der Waals surface area contributed by atoms with Crippen molar-refractivity contribution in [3.63, 3.8) is 0 Å². The van der Waals surface area contributed by atoms with Gasteiger partial charge >= 0.3 is 0 Å². The molecule has 2 unspecified atom stereocenters. The summed E-state index contributed by atoms with van der Waals surface area (Å²) in [6, 6.07) is 0. The third-order valence-electron chi connectivity index (χ3n) is 5.09. The van der Waals surface area contributed by atoms with Crippen molar-refractivity contribution in [2.45, 2.75) is 108 Å². The SMILES string of the molecule is CCC(C)(C)C(OC(C(C)(C)C)C(C)(C)CC)C(C)(C)C. The molecular formula is C20H42O. The minimum absolute atomic E-state index is 0.146. The average molecular weight is 299 g/mol. The number of ether oxygens (including phenoxy) is 1. The van der Waals surface area contributed by atoms with E-state index in [0.29, 0.717) is 0 Å². The molecule has 0 aliphatic carbocycles. The van der Waals surface area contributed by atoms with Gasteiger partial charge in [0.25, 0.3) is 0 Å². The normalized spacial score (nSPS) is 17.7. The largest absolute Gasteiger partial charge is 0.373 e. The maximum absolute atomic E-state index is 6.89. The van der Waals surface area contributed by atoms with Crippen LogP contribution in [0.4, 0.5) is 0 Å². The van der Waals surface area contributed by atoms with E-state index in [1.54, 1.807) is 0 Å². The minimum Gasteiger partial charge on any atom is -0.373 e. The van der Waals surface area contributed by atoms with E-state index in [2.05, 4.69) is 83.1 Å². The number of hydrogen-bond acceptors (Lipinski definition) is 1. The molecule has 0 spiro atoms. The summed E-state index contributed by atoms with van der Waals surface area (Å²) in [5, 5.41) is 0. The van der Waals surface area contributed by atoms with E-state index in [0.717, 1.165) is 12.8 Å². The molecule has 0 heterocycles. The van der Waals surface area contributed by atoms with Crippen LogP contribution in [0.2, 0.25) is 0 Å². The summed E-state index contributed by atoms with van der Waals surface area (Å²) < 4.78 is 6.89. The van der Waals surface area contributed by atoms with Gasteiger partial charge in [0.05, 0.1) is 12.2 Å². The molecular weight excluding hydrogens is 256 g/mol. The smallest absolute Gasteiger partial charge is 0.0678 e. The Bertz CT molecular complexity index is 280. The lowest BCUT2D eigenvalue weighted by Crippen LogP contribution is -2.51. The first-order chi connectivity index (χ1) is 9.09.